The maximum atomic E-state index is 12.6. The molecular weight excluding hydrogens is 366 g/mol. The molecule has 0 aliphatic heterocycles. The van der Waals surface area contributed by atoms with Gasteiger partial charge in [-0.15, -0.1) is 0 Å². The number of ether oxygens (including phenoxy) is 1. The molecule has 0 unspecified atom stereocenters. The molecule has 0 saturated carbocycles. The van der Waals surface area contributed by atoms with E-state index in [1.807, 2.05) is 66.9 Å². The monoisotopic (exact) mass is 391 g/mol. The molecule has 29 heavy (non-hydrogen) atoms. The van der Waals surface area contributed by atoms with Gasteiger partial charge in [-0.1, -0.05) is 48.5 Å². The summed E-state index contributed by atoms with van der Waals surface area (Å²) in [5, 5.41) is 7.35. The highest BCUT2D eigenvalue weighted by Gasteiger charge is 2.27. The number of rotatable bonds is 8. The minimum absolute atomic E-state index is 0.123. The van der Waals surface area contributed by atoms with Gasteiger partial charge in [0.05, 0.1) is 31.0 Å². The number of amides is 1. The molecule has 0 aliphatic carbocycles. The predicted molar refractivity (Wildman–Crippen MR) is 110 cm³/mol. The van der Waals surface area contributed by atoms with E-state index in [1.165, 1.54) is 7.11 Å². The fourth-order valence-corrected chi connectivity index (χ4v) is 3.19. The van der Waals surface area contributed by atoms with Crippen molar-refractivity contribution in [2.24, 2.45) is 5.92 Å². The average molecular weight is 391 g/mol. The Kier molecular flexibility index (Phi) is 6.79. The zero-order valence-corrected chi connectivity index (χ0v) is 16.6. The molecule has 0 bridgehead atoms. The molecule has 6 nitrogen and oxygen atoms in total. The summed E-state index contributed by atoms with van der Waals surface area (Å²) in [6.07, 6.45) is 4.56. The molecule has 0 saturated heterocycles. The van der Waals surface area contributed by atoms with Crippen LogP contribution in [0.3, 0.4) is 0 Å². The Morgan fingerprint density at radius 1 is 1.07 bits per heavy atom. The van der Waals surface area contributed by atoms with Crippen molar-refractivity contribution in [3.63, 3.8) is 0 Å². The number of nitrogens with one attached hydrogen (secondary N) is 1. The first-order chi connectivity index (χ1) is 14.1. The lowest BCUT2D eigenvalue weighted by Crippen LogP contribution is -2.36. The Balaban J connectivity index is 1.63. The summed E-state index contributed by atoms with van der Waals surface area (Å²) < 4.78 is 6.66. The molecule has 0 radical (unpaired) electrons. The summed E-state index contributed by atoms with van der Waals surface area (Å²) in [7, 11) is 1.35. The van der Waals surface area contributed by atoms with Crippen molar-refractivity contribution in [3.8, 4) is 5.69 Å². The Morgan fingerprint density at radius 2 is 1.72 bits per heavy atom. The first-order valence-electron chi connectivity index (χ1n) is 9.59. The van der Waals surface area contributed by atoms with Crippen LogP contribution in [0.15, 0.2) is 73.1 Å². The number of para-hydroxylation sites is 1. The fourth-order valence-electron chi connectivity index (χ4n) is 3.19. The van der Waals surface area contributed by atoms with Crippen LogP contribution in [0.4, 0.5) is 0 Å². The van der Waals surface area contributed by atoms with E-state index < -0.39 is 12.0 Å². The van der Waals surface area contributed by atoms with Gasteiger partial charge in [0, 0.05) is 12.6 Å². The van der Waals surface area contributed by atoms with Crippen molar-refractivity contribution in [3.05, 3.63) is 84.2 Å². The molecule has 0 fully saturated rings. The molecule has 1 aromatic heterocycles. The Morgan fingerprint density at radius 3 is 2.38 bits per heavy atom. The predicted octanol–water partition coefficient (Wildman–Crippen LogP) is 3.47. The number of carbonyl (C=O) groups excluding carboxylic acids is 2. The Labute approximate surface area is 170 Å². The van der Waals surface area contributed by atoms with E-state index in [0.717, 1.165) is 16.8 Å². The molecular formula is C23H25N3O3. The molecule has 1 N–H and O–H groups in total. The molecule has 2 atom stereocenters. The van der Waals surface area contributed by atoms with Gasteiger partial charge < -0.3 is 10.1 Å². The quantitative estimate of drug-likeness (QED) is 0.597. The standard InChI is InChI=1S/C23H25N3O3/c1-17(23(28)29-2)22(19-9-5-3-6-10-19)25-21(27)14-13-18-15-24-26(16-18)20-11-7-4-8-12-20/h3-12,15-17,22H,13-14H2,1-2H3,(H,25,27)/t17-,22-/m1/s1. The summed E-state index contributed by atoms with van der Waals surface area (Å²) in [6, 6.07) is 18.8. The van der Waals surface area contributed by atoms with Crippen molar-refractivity contribution < 1.29 is 14.3 Å². The second-order valence-electron chi connectivity index (χ2n) is 6.90. The first-order valence-corrected chi connectivity index (χ1v) is 9.59. The zero-order valence-electron chi connectivity index (χ0n) is 16.6. The summed E-state index contributed by atoms with van der Waals surface area (Å²) in [5.41, 5.74) is 2.82. The third kappa shape index (κ3) is 5.31. The maximum absolute atomic E-state index is 12.6. The normalized spacial score (nSPS) is 12.8. The van der Waals surface area contributed by atoms with Crippen LogP contribution in [0.5, 0.6) is 0 Å². The van der Waals surface area contributed by atoms with Crippen molar-refractivity contribution in [2.75, 3.05) is 7.11 Å². The van der Waals surface area contributed by atoms with Gasteiger partial charge in [0.2, 0.25) is 5.91 Å². The molecule has 0 aliphatic rings. The average Bonchev–Trinajstić information content (AvgIpc) is 3.25. The molecule has 150 valence electrons. The highest BCUT2D eigenvalue weighted by Crippen LogP contribution is 2.23. The maximum Gasteiger partial charge on any atom is 0.310 e. The summed E-state index contributed by atoms with van der Waals surface area (Å²) in [4.78, 5) is 24.6. The minimum Gasteiger partial charge on any atom is -0.469 e. The molecule has 2 aromatic carbocycles. The number of benzene rings is 2. The van der Waals surface area contributed by atoms with Gasteiger partial charge in [-0.2, -0.15) is 5.10 Å². The molecule has 1 amide bonds. The van der Waals surface area contributed by atoms with E-state index in [1.54, 1.807) is 17.8 Å². The van der Waals surface area contributed by atoms with E-state index in [4.69, 9.17) is 4.74 Å². The van der Waals surface area contributed by atoms with Gasteiger partial charge >= 0.3 is 5.97 Å². The van der Waals surface area contributed by atoms with Crippen molar-refractivity contribution in [2.45, 2.75) is 25.8 Å². The smallest absolute Gasteiger partial charge is 0.310 e. The summed E-state index contributed by atoms with van der Waals surface area (Å²) in [6.45, 7) is 1.76. The number of aromatic nitrogens is 2. The third-order valence-electron chi connectivity index (χ3n) is 4.85. The number of nitrogens with zero attached hydrogens (tertiary/aromatic N) is 2. The highest BCUT2D eigenvalue weighted by atomic mass is 16.5. The van der Waals surface area contributed by atoms with Crippen molar-refractivity contribution in [1.82, 2.24) is 15.1 Å². The third-order valence-corrected chi connectivity index (χ3v) is 4.85. The summed E-state index contributed by atoms with van der Waals surface area (Å²) >= 11 is 0. The van der Waals surface area contributed by atoms with E-state index in [-0.39, 0.29) is 11.9 Å². The van der Waals surface area contributed by atoms with Gasteiger partial charge in [0.1, 0.15) is 0 Å². The Hall–Kier alpha value is -3.41. The van der Waals surface area contributed by atoms with Crippen LogP contribution in [0.2, 0.25) is 0 Å². The van der Waals surface area contributed by atoms with Crippen LogP contribution in [0.1, 0.15) is 30.5 Å². The van der Waals surface area contributed by atoms with E-state index in [9.17, 15) is 9.59 Å². The SMILES string of the molecule is COC(=O)[C@H](C)[C@@H](NC(=O)CCc1cnn(-c2ccccc2)c1)c1ccccc1. The van der Waals surface area contributed by atoms with Gasteiger partial charge in [-0.25, -0.2) is 4.68 Å². The van der Waals surface area contributed by atoms with E-state index >= 15 is 0 Å². The number of hydrogen-bond donors (Lipinski definition) is 1. The fraction of sp³-hybridized carbons (Fsp3) is 0.261. The highest BCUT2D eigenvalue weighted by molar-refractivity contribution is 5.79. The van der Waals surface area contributed by atoms with Crippen LogP contribution in [0.25, 0.3) is 5.69 Å². The number of esters is 1. The first kappa shape index (κ1) is 20.3. The van der Waals surface area contributed by atoms with Crippen LogP contribution in [-0.4, -0.2) is 28.8 Å². The van der Waals surface area contributed by atoms with Crippen molar-refractivity contribution >= 4 is 11.9 Å². The van der Waals surface area contributed by atoms with Crippen LogP contribution in [0, 0.1) is 5.92 Å². The van der Waals surface area contributed by atoms with Gasteiger partial charge in [-0.05, 0) is 36.6 Å². The largest absolute Gasteiger partial charge is 0.469 e. The number of aryl methyl sites for hydroxylation is 1. The van der Waals surface area contributed by atoms with Crippen LogP contribution < -0.4 is 5.32 Å². The van der Waals surface area contributed by atoms with E-state index in [0.29, 0.717) is 12.8 Å². The molecule has 0 spiro atoms. The molecule has 3 rings (SSSR count). The molecule has 6 heteroatoms. The topological polar surface area (TPSA) is 73.2 Å². The number of hydrogen-bond acceptors (Lipinski definition) is 4. The molecule has 3 aromatic rings. The minimum atomic E-state index is -0.493. The van der Waals surface area contributed by atoms with Crippen LogP contribution >= 0.6 is 0 Å². The Bertz CT molecular complexity index is 938. The zero-order chi connectivity index (χ0) is 20.6. The van der Waals surface area contributed by atoms with Gasteiger partial charge in [-0.3, -0.25) is 9.59 Å². The lowest BCUT2D eigenvalue weighted by molar-refractivity contribution is -0.146. The second-order valence-corrected chi connectivity index (χ2v) is 6.90. The molecule has 1 heterocycles. The number of methoxy groups -OCH3 is 1. The second kappa shape index (κ2) is 9.68. The van der Waals surface area contributed by atoms with Gasteiger partial charge in [0.25, 0.3) is 0 Å². The lowest BCUT2D eigenvalue weighted by atomic mass is 9.94. The van der Waals surface area contributed by atoms with Crippen LogP contribution in [-0.2, 0) is 20.7 Å². The van der Waals surface area contributed by atoms with E-state index in [2.05, 4.69) is 10.4 Å². The van der Waals surface area contributed by atoms with Crippen molar-refractivity contribution in [1.29, 1.82) is 0 Å². The lowest BCUT2D eigenvalue weighted by Gasteiger charge is -2.24. The van der Waals surface area contributed by atoms with Gasteiger partial charge in [0.15, 0.2) is 0 Å². The summed E-state index contributed by atoms with van der Waals surface area (Å²) in [5.74, 6) is -0.975. The number of carbonyl (C=O) groups is 2.